The quantitative estimate of drug-likeness (QED) is 0.821. The number of carbonyl (C=O) groups excluding carboxylic acids is 1. The Balaban J connectivity index is 2.79. The van der Waals surface area contributed by atoms with Crippen molar-refractivity contribution in [1.82, 2.24) is 10.2 Å². The number of nitrogens with zero attached hydrogens (tertiary/aromatic N) is 1. The molecule has 1 N–H and O–H groups in total. The van der Waals surface area contributed by atoms with Gasteiger partial charge in [0.05, 0.1) is 5.41 Å². The van der Waals surface area contributed by atoms with Gasteiger partial charge in [0.25, 0.3) is 0 Å². The molecule has 0 bridgehead atoms. The lowest BCUT2D eigenvalue weighted by Gasteiger charge is -2.31. The summed E-state index contributed by atoms with van der Waals surface area (Å²) in [5.74, 6) is 0.932. The van der Waals surface area contributed by atoms with Crippen LogP contribution in [0, 0.1) is 11.3 Å². The van der Waals surface area contributed by atoms with Crippen LogP contribution in [0.5, 0.6) is 0 Å². The van der Waals surface area contributed by atoms with Crippen LogP contribution in [0.15, 0.2) is 0 Å². The van der Waals surface area contributed by atoms with E-state index in [1.165, 1.54) is 0 Å². The van der Waals surface area contributed by atoms with Gasteiger partial charge in [0.1, 0.15) is 0 Å². The Bertz CT molecular complexity index is 282. The highest BCUT2D eigenvalue weighted by molar-refractivity contribution is 5.82. The van der Waals surface area contributed by atoms with Crippen LogP contribution in [0.3, 0.4) is 0 Å². The summed E-state index contributed by atoms with van der Waals surface area (Å²) in [6.07, 6.45) is 1.08. The standard InChI is InChI=1S/C14H28N2O/c1-11(2)7-8-16-10-14(5,6)15-9-13(3,4)12(16)17/h11,15H,7-10H2,1-6H3. The van der Waals surface area contributed by atoms with Gasteiger partial charge in [-0.3, -0.25) is 4.79 Å². The summed E-state index contributed by atoms with van der Waals surface area (Å²) >= 11 is 0. The molecule has 1 aliphatic rings. The predicted octanol–water partition coefficient (Wildman–Crippen LogP) is 2.27. The van der Waals surface area contributed by atoms with Crippen molar-refractivity contribution < 1.29 is 4.79 Å². The fourth-order valence-corrected chi connectivity index (χ4v) is 2.16. The molecule has 0 aromatic heterocycles. The minimum atomic E-state index is -0.287. The zero-order valence-electron chi connectivity index (χ0n) is 12.3. The van der Waals surface area contributed by atoms with Gasteiger partial charge in [0.2, 0.25) is 5.91 Å². The Morgan fingerprint density at radius 1 is 1.29 bits per heavy atom. The molecule has 0 aromatic rings. The molecular formula is C14H28N2O. The Labute approximate surface area is 106 Å². The number of carbonyl (C=O) groups is 1. The van der Waals surface area contributed by atoms with E-state index in [2.05, 4.69) is 33.0 Å². The second-order valence-electron chi connectivity index (χ2n) is 7.03. The Kier molecular flexibility index (Phi) is 4.23. The van der Waals surface area contributed by atoms with Crippen molar-refractivity contribution in [3.63, 3.8) is 0 Å². The second-order valence-corrected chi connectivity index (χ2v) is 7.03. The third kappa shape index (κ3) is 3.98. The average molecular weight is 240 g/mol. The van der Waals surface area contributed by atoms with Crippen LogP contribution in [0.2, 0.25) is 0 Å². The monoisotopic (exact) mass is 240 g/mol. The van der Waals surface area contributed by atoms with Gasteiger partial charge in [0.15, 0.2) is 0 Å². The maximum absolute atomic E-state index is 12.5. The van der Waals surface area contributed by atoms with Crippen LogP contribution >= 0.6 is 0 Å². The molecule has 1 saturated heterocycles. The molecule has 0 spiro atoms. The van der Waals surface area contributed by atoms with E-state index in [0.29, 0.717) is 5.92 Å². The molecule has 1 amide bonds. The number of amides is 1. The molecule has 0 aromatic carbocycles. The number of rotatable bonds is 3. The highest BCUT2D eigenvalue weighted by Gasteiger charge is 2.38. The third-order valence-corrected chi connectivity index (χ3v) is 3.44. The summed E-state index contributed by atoms with van der Waals surface area (Å²) in [6.45, 7) is 15.3. The summed E-state index contributed by atoms with van der Waals surface area (Å²) in [6, 6.07) is 0. The summed E-state index contributed by atoms with van der Waals surface area (Å²) in [5, 5.41) is 3.50. The molecule has 3 heteroatoms. The minimum absolute atomic E-state index is 0.0143. The van der Waals surface area contributed by atoms with Gasteiger partial charge >= 0.3 is 0 Å². The summed E-state index contributed by atoms with van der Waals surface area (Å²) in [4.78, 5) is 14.5. The molecule has 1 fully saturated rings. The lowest BCUT2D eigenvalue weighted by atomic mass is 9.91. The molecule has 0 saturated carbocycles. The highest BCUT2D eigenvalue weighted by Crippen LogP contribution is 2.24. The number of nitrogens with one attached hydrogen (secondary N) is 1. The van der Waals surface area contributed by atoms with Crippen LogP contribution in [0.25, 0.3) is 0 Å². The van der Waals surface area contributed by atoms with E-state index in [9.17, 15) is 4.79 Å². The lowest BCUT2D eigenvalue weighted by molar-refractivity contribution is -0.139. The fourth-order valence-electron chi connectivity index (χ4n) is 2.16. The predicted molar refractivity (Wildman–Crippen MR) is 71.9 cm³/mol. The van der Waals surface area contributed by atoms with Crippen molar-refractivity contribution in [1.29, 1.82) is 0 Å². The molecular weight excluding hydrogens is 212 g/mol. The molecule has 3 nitrogen and oxygen atoms in total. The van der Waals surface area contributed by atoms with Crippen LogP contribution in [-0.4, -0.2) is 36.0 Å². The lowest BCUT2D eigenvalue weighted by Crippen LogP contribution is -2.47. The smallest absolute Gasteiger partial charge is 0.229 e. The van der Waals surface area contributed by atoms with Gasteiger partial charge in [-0.05, 0) is 40.0 Å². The maximum atomic E-state index is 12.5. The van der Waals surface area contributed by atoms with Gasteiger partial charge in [-0.25, -0.2) is 0 Å². The Morgan fingerprint density at radius 2 is 1.88 bits per heavy atom. The topological polar surface area (TPSA) is 32.3 Å². The molecule has 1 rings (SSSR count). The van der Waals surface area contributed by atoms with Crippen LogP contribution in [0.1, 0.15) is 48.0 Å². The Morgan fingerprint density at radius 3 is 2.41 bits per heavy atom. The normalized spacial score (nSPS) is 23.9. The molecule has 17 heavy (non-hydrogen) atoms. The van der Waals surface area contributed by atoms with Gasteiger partial charge in [-0.2, -0.15) is 0 Å². The van der Waals surface area contributed by atoms with Gasteiger partial charge in [0, 0.05) is 25.2 Å². The largest absolute Gasteiger partial charge is 0.340 e. The first-order valence-corrected chi connectivity index (χ1v) is 6.68. The minimum Gasteiger partial charge on any atom is -0.340 e. The van der Waals surface area contributed by atoms with Crippen LogP contribution in [0.4, 0.5) is 0 Å². The molecule has 0 atom stereocenters. The van der Waals surface area contributed by atoms with Crippen LogP contribution < -0.4 is 5.32 Å². The van der Waals surface area contributed by atoms with Crippen molar-refractivity contribution in [2.45, 2.75) is 53.5 Å². The molecule has 100 valence electrons. The fraction of sp³-hybridized carbons (Fsp3) is 0.929. The first kappa shape index (κ1) is 14.5. The summed E-state index contributed by atoms with van der Waals surface area (Å²) in [7, 11) is 0. The van der Waals surface area contributed by atoms with Gasteiger partial charge in [-0.1, -0.05) is 13.8 Å². The first-order valence-electron chi connectivity index (χ1n) is 6.68. The van der Waals surface area contributed by atoms with Crippen LogP contribution in [-0.2, 0) is 4.79 Å². The highest BCUT2D eigenvalue weighted by atomic mass is 16.2. The van der Waals surface area contributed by atoms with E-state index in [0.717, 1.165) is 26.1 Å². The molecule has 0 radical (unpaired) electrons. The zero-order valence-corrected chi connectivity index (χ0v) is 12.3. The number of hydrogen-bond acceptors (Lipinski definition) is 2. The SMILES string of the molecule is CC(C)CCN1CC(C)(C)NCC(C)(C)C1=O. The zero-order chi connectivity index (χ0) is 13.3. The van der Waals surface area contributed by atoms with E-state index in [1.807, 2.05) is 18.7 Å². The van der Waals surface area contributed by atoms with E-state index >= 15 is 0 Å². The van der Waals surface area contributed by atoms with Crippen molar-refractivity contribution in [3.8, 4) is 0 Å². The molecule has 0 aliphatic carbocycles. The molecule has 0 unspecified atom stereocenters. The van der Waals surface area contributed by atoms with Gasteiger partial charge in [-0.15, -0.1) is 0 Å². The van der Waals surface area contributed by atoms with Crippen molar-refractivity contribution in [2.75, 3.05) is 19.6 Å². The summed E-state index contributed by atoms with van der Waals surface area (Å²) in [5.41, 5.74) is -0.273. The number of hydrogen-bond donors (Lipinski definition) is 1. The van der Waals surface area contributed by atoms with Crippen molar-refractivity contribution >= 4 is 5.91 Å². The van der Waals surface area contributed by atoms with Gasteiger partial charge < -0.3 is 10.2 Å². The van der Waals surface area contributed by atoms with Crippen molar-refractivity contribution in [2.24, 2.45) is 11.3 Å². The first-order chi connectivity index (χ1) is 7.64. The Hall–Kier alpha value is -0.570. The molecule has 1 heterocycles. The van der Waals surface area contributed by atoms with E-state index < -0.39 is 0 Å². The maximum Gasteiger partial charge on any atom is 0.229 e. The van der Waals surface area contributed by atoms with E-state index in [1.54, 1.807) is 0 Å². The second kappa shape index (κ2) is 4.97. The van der Waals surface area contributed by atoms with Crippen molar-refractivity contribution in [3.05, 3.63) is 0 Å². The summed E-state index contributed by atoms with van der Waals surface area (Å²) < 4.78 is 0. The average Bonchev–Trinajstić information content (AvgIpc) is 2.26. The van der Waals surface area contributed by atoms with E-state index in [-0.39, 0.29) is 16.9 Å². The third-order valence-electron chi connectivity index (χ3n) is 3.44. The molecule has 1 aliphatic heterocycles. The van der Waals surface area contributed by atoms with E-state index in [4.69, 9.17) is 0 Å².